The molecule has 0 atom stereocenters. The Bertz CT molecular complexity index is 443. The minimum Gasteiger partial charge on any atom is -0.508 e. The highest BCUT2D eigenvalue weighted by atomic mass is 16.3. The second-order valence-electron chi connectivity index (χ2n) is 5.08. The standard InChI is InChI=1S/C15H24N4O2/c1-19(2)11-5-3-4-10-16-15(21)18-17-12-13-6-8-14(20)9-7-13/h6-9,12,20H,3-5,10-11H2,1-2H3,(H2,16,18,21)/b17-12-. The molecule has 0 spiro atoms. The minimum absolute atomic E-state index is 0.201. The lowest BCUT2D eigenvalue weighted by atomic mass is 10.2. The summed E-state index contributed by atoms with van der Waals surface area (Å²) in [6.07, 6.45) is 4.71. The van der Waals surface area contributed by atoms with Crippen LogP contribution in [0, 0.1) is 0 Å². The van der Waals surface area contributed by atoms with E-state index in [1.807, 2.05) is 0 Å². The number of carbonyl (C=O) groups is 1. The third-order valence-electron chi connectivity index (χ3n) is 2.84. The predicted molar refractivity (Wildman–Crippen MR) is 84.6 cm³/mol. The number of hydrogen-bond acceptors (Lipinski definition) is 4. The summed E-state index contributed by atoms with van der Waals surface area (Å²) < 4.78 is 0. The van der Waals surface area contributed by atoms with Crippen molar-refractivity contribution in [2.24, 2.45) is 5.10 Å². The summed E-state index contributed by atoms with van der Waals surface area (Å²) in [5, 5.41) is 15.7. The summed E-state index contributed by atoms with van der Waals surface area (Å²) in [7, 11) is 4.11. The fraction of sp³-hybridized carbons (Fsp3) is 0.467. The molecule has 116 valence electrons. The summed E-state index contributed by atoms with van der Waals surface area (Å²) in [6.45, 7) is 1.72. The van der Waals surface area contributed by atoms with Crippen LogP contribution in [0.15, 0.2) is 29.4 Å². The molecule has 2 amide bonds. The van der Waals surface area contributed by atoms with Gasteiger partial charge in [0.1, 0.15) is 5.75 Å². The van der Waals surface area contributed by atoms with Crippen molar-refractivity contribution in [1.82, 2.24) is 15.6 Å². The number of benzene rings is 1. The highest BCUT2D eigenvalue weighted by Gasteiger charge is 1.97. The average Bonchev–Trinajstić information content (AvgIpc) is 2.44. The largest absolute Gasteiger partial charge is 0.508 e. The SMILES string of the molecule is CN(C)CCCCCNC(=O)N/N=C\c1ccc(O)cc1. The minimum atomic E-state index is -0.308. The third-order valence-corrected chi connectivity index (χ3v) is 2.84. The Balaban J connectivity index is 2.09. The number of amides is 2. The number of hydrogen-bond donors (Lipinski definition) is 3. The van der Waals surface area contributed by atoms with Crippen molar-refractivity contribution in [3.8, 4) is 5.75 Å². The Kier molecular flexibility index (Phi) is 7.89. The van der Waals surface area contributed by atoms with Gasteiger partial charge >= 0.3 is 6.03 Å². The van der Waals surface area contributed by atoms with E-state index in [9.17, 15) is 4.79 Å². The molecule has 0 saturated carbocycles. The lowest BCUT2D eigenvalue weighted by Crippen LogP contribution is -2.33. The number of nitrogens with zero attached hydrogens (tertiary/aromatic N) is 2. The maximum absolute atomic E-state index is 11.4. The van der Waals surface area contributed by atoms with Gasteiger partial charge in [-0.1, -0.05) is 6.42 Å². The van der Waals surface area contributed by atoms with Gasteiger partial charge in [0.2, 0.25) is 0 Å². The van der Waals surface area contributed by atoms with Crippen molar-refractivity contribution in [3.05, 3.63) is 29.8 Å². The molecule has 6 nitrogen and oxygen atoms in total. The van der Waals surface area contributed by atoms with E-state index >= 15 is 0 Å². The summed E-state index contributed by atoms with van der Waals surface area (Å²) in [6, 6.07) is 6.24. The number of aromatic hydroxyl groups is 1. The topological polar surface area (TPSA) is 77.0 Å². The molecule has 6 heteroatoms. The van der Waals surface area contributed by atoms with Gasteiger partial charge in [-0.2, -0.15) is 5.10 Å². The molecule has 21 heavy (non-hydrogen) atoms. The zero-order valence-electron chi connectivity index (χ0n) is 12.7. The highest BCUT2D eigenvalue weighted by Crippen LogP contribution is 2.07. The molecule has 1 rings (SSSR count). The zero-order valence-corrected chi connectivity index (χ0v) is 12.7. The number of phenolic OH excluding ortho intramolecular Hbond substituents is 1. The smallest absolute Gasteiger partial charge is 0.335 e. The van der Waals surface area contributed by atoms with Gasteiger partial charge in [0.15, 0.2) is 0 Å². The van der Waals surface area contributed by atoms with Gasteiger partial charge in [-0.25, -0.2) is 10.2 Å². The van der Waals surface area contributed by atoms with Crippen molar-refractivity contribution in [2.45, 2.75) is 19.3 Å². The lowest BCUT2D eigenvalue weighted by molar-refractivity contribution is 0.241. The second kappa shape index (κ2) is 9.77. The number of carbonyl (C=O) groups excluding carboxylic acids is 1. The fourth-order valence-corrected chi connectivity index (χ4v) is 1.70. The van der Waals surface area contributed by atoms with E-state index in [1.54, 1.807) is 24.3 Å². The molecule has 0 bridgehead atoms. The summed E-state index contributed by atoms with van der Waals surface area (Å²) in [4.78, 5) is 13.6. The Labute approximate surface area is 125 Å². The number of rotatable bonds is 8. The van der Waals surface area contributed by atoms with Gasteiger partial charge in [0, 0.05) is 6.54 Å². The van der Waals surface area contributed by atoms with Crippen LogP contribution in [0.3, 0.4) is 0 Å². The van der Waals surface area contributed by atoms with E-state index in [2.05, 4.69) is 34.8 Å². The Morgan fingerprint density at radius 2 is 1.95 bits per heavy atom. The van der Waals surface area contributed by atoms with Crippen LogP contribution in [0.5, 0.6) is 5.75 Å². The predicted octanol–water partition coefficient (Wildman–Crippen LogP) is 1.76. The maximum atomic E-state index is 11.4. The van der Waals surface area contributed by atoms with Gasteiger partial charge in [0.25, 0.3) is 0 Å². The molecular weight excluding hydrogens is 268 g/mol. The average molecular weight is 292 g/mol. The number of unbranched alkanes of at least 4 members (excludes halogenated alkanes) is 2. The second-order valence-corrected chi connectivity index (χ2v) is 5.08. The van der Waals surface area contributed by atoms with Crippen LogP contribution >= 0.6 is 0 Å². The van der Waals surface area contributed by atoms with Crippen molar-refractivity contribution in [3.63, 3.8) is 0 Å². The molecule has 1 aromatic rings. The van der Waals surface area contributed by atoms with Crippen molar-refractivity contribution in [1.29, 1.82) is 0 Å². The van der Waals surface area contributed by atoms with Crippen LogP contribution in [0.1, 0.15) is 24.8 Å². The Morgan fingerprint density at radius 3 is 2.62 bits per heavy atom. The van der Waals surface area contributed by atoms with Crippen LogP contribution in [0.25, 0.3) is 0 Å². The molecule has 0 radical (unpaired) electrons. The van der Waals surface area contributed by atoms with Gasteiger partial charge in [0.05, 0.1) is 6.21 Å². The van der Waals surface area contributed by atoms with Gasteiger partial charge < -0.3 is 15.3 Å². The molecule has 0 unspecified atom stereocenters. The van der Waals surface area contributed by atoms with Crippen LogP contribution in [0.4, 0.5) is 4.79 Å². The molecule has 1 aromatic carbocycles. The third kappa shape index (κ3) is 8.65. The van der Waals surface area contributed by atoms with E-state index in [0.717, 1.165) is 31.4 Å². The molecule has 0 saturated heterocycles. The molecule has 0 aliphatic carbocycles. The van der Waals surface area contributed by atoms with Gasteiger partial charge in [-0.05, 0) is 63.3 Å². The van der Waals surface area contributed by atoms with Crippen molar-refractivity contribution >= 4 is 12.2 Å². The molecule has 0 aliphatic rings. The Morgan fingerprint density at radius 1 is 1.24 bits per heavy atom. The van der Waals surface area contributed by atoms with E-state index in [-0.39, 0.29) is 11.8 Å². The van der Waals surface area contributed by atoms with Crippen molar-refractivity contribution < 1.29 is 9.90 Å². The van der Waals surface area contributed by atoms with Crippen LogP contribution in [0.2, 0.25) is 0 Å². The Hall–Kier alpha value is -2.08. The van der Waals surface area contributed by atoms with Crippen molar-refractivity contribution in [2.75, 3.05) is 27.2 Å². The van der Waals surface area contributed by atoms with Gasteiger partial charge in [-0.15, -0.1) is 0 Å². The monoisotopic (exact) mass is 292 g/mol. The van der Waals surface area contributed by atoms with E-state index < -0.39 is 0 Å². The normalized spacial score (nSPS) is 11.0. The first kappa shape index (κ1) is 17.0. The van der Waals surface area contributed by atoms with E-state index in [4.69, 9.17) is 5.11 Å². The first-order valence-electron chi connectivity index (χ1n) is 7.08. The van der Waals surface area contributed by atoms with Crippen LogP contribution in [-0.4, -0.2) is 49.4 Å². The van der Waals surface area contributed by atoms with Crippen LogP contribution in [-0.2, 0) is 0 Å². The molecule has 0 heterocycles. The van der Waals surface area contributed by atoms with E-state index in [1.165, 1.54) is 6.21 Å². The number of hydrazone groups is 1. The molecule has 0 fully saturated rings. The molecule has 3 N–H and O–H groups in total. The molecule has 0 aliphatic heterocycles. The first-order chi connectivity index (χ1) is 10.1. The number of urea groups is 1. The number of nitrogens with one attached hydrogen (secondary N) is 2. The molecular formula is C15H24N4O2. The van der Waals surface area contributed by atoms with Gasteiger partial charge in [-0.3, -0.25) is 0 Å². The first-order valence-corrected chi connectivity index (χ1v) is 7.08. The number of phenols is 1. The highest BCUT2D eigenvalue weighted by molar-refractivity contribution is 5.81. The fourth-order valence-electron chi connectivity index (χ4n) is 1.70. The lowest BCUT2D eigenvalue weighted by Gasteiger charge is -2.08. The quantitative estimate of drug-likeness (QED) is 0.388. The zero-order chi connectivity index (χ0) is 15.5. The van der Waals surface area contributed by atoms with Crippen LogP contribution < -0.4 is 10.7 Å². The maximum Gasteiger partial charge on any atom is 0.335 e. The summed E-state index contributed by atoms with van der Waals surface area (Å²) in [5.74, 6) is 0.201. The van der Waals surface area contributed by atoms with E-state index in [0.29, 0.717) is 6.54 Å². The summed E-state index contributed by atoms with van der Waals surface area (Å²) in [5.41, 5.74) is 3.21. The summed E-state index contributed by atoms with van der Waals surface area (Å²) >= 11 is 0. The molecule has 0 aromatic heterocycles.